The Bertz CT molecular complexity index is 450. The van der Waals surface area contributed by atoms with Crippen molar-refractivity contribution in [2.75, 3.05) is 13.2 Å². The van der Waals surface area contributed by atoms with Crippen LogP contribution >= 0.6 is 11.6 Å². The summed E-state index contributed by atoms with van der Waals surface area (Å²) in [7, 11) is 0. The van der Waals surface area contributed by atoms with Gasteiger partial charge in [-0.2, -0.15) is 0 Å². The molecule has 1 aliphatic heterocycles. The summed E-state index contributed by atoms with van der Waals surface area (Å²) in [6.07, 6.45) is 3.14. The molecule has 5 heteroatoms. The lowest BCUT2D eigenvalue weighted by atomic mass is 9.96. The zero-order chi connectivity index (χ0) is 14.5. The van der Waals surface area contributed by atoms with Crippen molar-refractivity contribution in [1.82, 2.24) is 4.90 Å². The Morgan fingerprint density at radius 3 is 2.75 bits per heavy atom. The molecule has 0 aromatic heterocycles. The van der Waals surface area contributed by atoms with Crippen LogP contribution in [0.2, 0.25) is 5.02 Å². The molecule has 0 bridgehead atoms. The number of carbonyl (C=O) groups is 1. The number of piperidine rings is 1. The van der Waals surface area contributed by atoms with Crippen molar-refractivity contribution in [3.05, 3.63) is 29.3 Å². The number of rotatable bonds is 4. The molecule has 1 saturated heterocycles. The molecule has 2 N–H and O–H groups in total. The fourth-order valence-electron chi connectivity index (χ4n) is 2.72. The molecule has 1 aliphatic rings. The first-order chi connectivity index (χ1) is 9.61. The van der Waals surface area contributed by atoms with Gasteiger partial charge in [-0.15, -0.1) is 0 Å². The molecule has 1 fully saturated rings. The van der Waals surface area contributed by atoms with E-state index < -0.39 is 0 Å². The molecule has 0 spiro atoms. The van der Waals surface area contributed by atoms with Gasteiger partial charge in [0.15, 0.2) is 6.61 Å². The van der Waals surface area contributed by atoms with Crippen LogP contribution in [0.5, 0.6) is 5.75 Å². The van der Waals surface area contributed by atoms with Gasteiger partial charge in [-0.05, 0) is 50.5 Å². The number of amides is 1. The zero-order valence-corrected chi connectivity index (χ0v) is 12.5. The van der Waals surface area contributed by atoms with E-state index in [1.165, 1.54) is 0 Å². The summed E-state index contributed by atoms with van der Waals surface area (Å²) in [5.41, 5.74) is 5.77. The van der Waals surface area contributed by atoms with E-state index in [2.05, 4.69) is 6.92 Å². The Kier molecular flexibility index (Phi) is 5.26. The largest absolute Gasteiger partial charge is 0.484 e. The molecular weight excluding hydrogens is 276 g/mol. The SMILES string of the molecule is CC1CCCC(CN)N1C(=O)COc1ccc(Cl)cc1. The van der Waals surface area contributed by atoms with Gasteiger partial charge in [-0.1, -0.05) is 11.6 Å². The third-order valence-electron chi connectivity index (χ3n) is 3.76. The summed E-state index contributed by atoms with van der Waals surface area (Å²) in [6, 6.07) is 7.38. The molecule has 0 saturated carbocycles. The first-order valence-electron chi connectivity index (χ1n) is 7.01. The maximum Gasteiger partial charge on any atom is 0.261 e. The molecule has 110 valence electrons. The average Bonchev–Trinajstić information content (AvgIpc) is 2.46. The van der Waals surface area contributed by atoms with E-state index in [0.717, 1.165) is 19.3 Å². The lowest BCUT2D eigenvalue weighted by Gasteiger charge is -2.40. The lowest BCUT2D eigenvalue weighted by Crippen LogP contribution is -2.53. The molecule has 0 radical (unpaired) electrons. The Morgan fingerprint density at radius 2 is 2.10 bits per heavy atom. The van der Waals surface area contributed by atoms with Crippen molar-refractivity contribution >= 4 is 17.5 Å². The van der Waals surface area contributed by atoms with Crippen LogP contribution in [0.4, 0.5) is 0 Å². The number of carbonyl (C=O) groups excluding carboxylic acids is 1. The molecule has 1 aromatic rings. The summed E-state index contributed by atoms with van der Waals surface area (Å²) < 4.78 is 5.53. The van der Waals surface area contributed by atoms with Crippen molar-refractivity contribution in [3.8, 4) is 5.75 Å². The predicted molar refractivity (Wildman–Crippen MR) is 79.9 cm³/mol. The summed E-state index contributed by atoms with van der Waals surface area (Å²) in [5, 5.41) is 0.650. The smallest absolute Gasteiger partial charge is 0.261 e. The minimum absolute atomic E-state index is 0.00241. The first kappa shape index (κ1) is 15.1. The van der Waals surface area contributed by atoms with Crippen LogP contribution in [0, 0.1) is 0 Å². The zero-order valence-electron chi connectivity index (χ0n) is 11.7. The Morgan fingerprint density at radius 1 is 1.40 bits per heavy atom. The van der Waals surface area contributed by atoms with Gasteiger partial charge in [0, 0.05) is 23.7 Å². The second-order valence-electron chi connectivity index (χ2n) is 5.21. The standard InChI is InChI=1S/C15H21ClN2O2/c1-11-3-2-4-13(9-17)18(11)15(19)10-20-14-7-5-12(16)6-8-14/h5-8,11,13H,2-4,9-10,17H2,1H3. The predicted octanol–water partition coefficient (Wildman–Crippen LogP) is 2.45. The maximum atomic E-state index is 12.3. The van der Waals surface area contributed by atoms with Gasteiger partial charge in [-0.25, -0.2) is 0 Å². The Labute approximate surface area is 124 Å². The quantitative estimate of drug-likeness (QED) is 0.928. The van der Waals surface area contributed by atoms with E-state index in [0.29, 0.717) is 17.3 Å². The van der Waals surface area contributed by atoms with Crippen LogP contribution in [0.15, 0.2) is 24.3 Å². The molecule has 2 rings (SSSR count). The highest BCUT2D eigenvalue weighted by atomic mass is 35.5. The highest BCUT2D eigenvalue weighted by Crippen LogP contribution is 2.23. The Hall–Kier alpha value is -1.26. The molecule has 1 amide bonds. The van der Waals surface area contributed by atoms with Crippen LogP contribution in [0.25, 0.3) is 0 Å². The molecule has 0 aliphatic carbocycles. The van der Waals surface area contributed by atoms with Crippen LogP contribution < -0.4 is 10.5 Å². The summed E-state index contributed by atoms with van der Waals surface area (Å²) >= 11 is 5.81. The third-order valence-corrected chi connectivity index (χ3v) is 4.02. The highest BCUT2D eigenvalue weighted by Gasteiger charge is 2.30. The van der Waals surface area contributed by atoms with E-state index in [4.69, 9.17) is 22.1 Å². The van der Waals surface area contributed by atoms with Crippen LogP contribution in [0.3, 0.4) is 0 Å². The third kappa shape index (κ3) is 3.64. The van der Waals surface area contributed by atoms with Crippen molar-refractivity contribution in [3.63, 3.8) is 0 Å². The Balaban J connectivity index is 1.94. The van der Waals surface area contributed by atoms with Gasteiger partial charge >= 0.3 is 0 Å². The number of likely N-dealkylation sites (tertiary alicyclic amines) is 1. The lowest BCUT2D eigenvalue weighted by molar-refractivity contribution is -0.139. The second-order valence-corrected chi connectivity index (χ2v) is 5.65. The van der Waals surface area contributed by atoms with E-state index in [1.807, 2.05) is 4.90 Å². The van der Waals surface area contributed by atoms with Gasteiger partial charge in [0.2, 0.25) is 0 Å². The summed E-state index contributed by atoms with van der Waals surface area (Å²) in [5.74, 6) is 0.652. The second kappa shape index (κ2) is 6.95. The molecule has 2 unspecified atom stereocenters. The number of hydrogen-bond acceptors (Lipinski definition) is 3. The van der Waals surface area contributed by atoms with Gasteiger partial charge in [0.25, 0.3) is 5.91 Å². The van der Waals surface area contributed by atoms with Gasteiger partial charge in [0.1, 0.15) is 5.75 Å². The molecule has 20 heavy (non-hydrogen) atoms. The topological polar surface area (TPSA) is 55.6 Å². The summed E-state index contributed by atoms with van der Waals surface area (Å²) in [6.45, 7) is 2.63. The fourth-order valence-corrected chi connectivity index (χ4v) is 2.84. The fraction of sp³-hybridized carbons (Fsp3) is 0.533. The normalized spacial score (nSPS) is 22.6. The number of halogens is 1. The van der Waals surface area contributed by atoms with Gasteiger partial charge < -0.3 is 15.4 Å². The van der Waals surface area contributed by atoms with E-state index in [9.17, 15) is 4.79 Å². The number of hydrogen-bond donors (Lipinski definition) is 1. The first-order valence-corrected chi connectivity index (χ1v) is 7.39. The molecule has 4 nitrogen and oxygen atoms in total. The highest BCUT2D eigenvalue weighted by molar-refractivity contribution is 6.30. The van der Waals surface area contributed by atoms with E-state index >= 15 is 0 Å². The van der Waals surface area contributed by atoms with Crippen LogP contribution in [0.1, 0.15) is 26.2 Å². The average molecular weight is 297 g/mol. The van der Waals surface area contributed by atoms with Gasteiger partial charge in [-0.3, -0.25) is 4.79 Å². The number of benzene rings is 1. The van der Waals surface area contributed by atoms with Crippen LogP contribution in [-0.2, 0) is 4.79 Å². The number of ether oxygens (including phenoxy) is 1. The minimum atomic E-state index is 0.00241. The van der Waals surface area contributed by atoms with Gasteiger partial charge in [0.05, 0.1) is 0 Å². The molecule has 1 aromatic carbocycles. The molecule has 1 heterocycles. The van der Waals surface area contributed by atoms with Crippen molar-refractivity contribution in [2.45, 2.75) is 38.3 Å². The van der Waals surface area contributed by atoms with E-state index in [-0.39, 0.29) is 24.6 Å². The summed E-state index contributed by atoms with van der Waals surface area (Å²) in [4.78, 5) is 14.2. The monoisotopic (exact) mass is 296 g/mol. The minimum Gasteiger partial charge on any atom is -0.484 e. The van der Waals surface area contributed by atoms with Crippen molar-refractivity contribution in [2.24, 2.45) is 5.73 Å². The number of nitrogens with two attached hydrogens (primary N) is 1. The van der Waals surface area contributed by atoms with Crippen molar-refractivity contribution in [1.29, 1.82) is 0 Å². The van der Waals surface area contributed by atoms with E-state index in [1.54, 1.807) is 24.3 Å². The van der Waals surface area contributed by atoms with Crippen LogP contribution in [-0.4, -0.2) is 36.0 Å². The molecule has 2 atom stereocenters. The maximum absolute atomic E-state index is 12.3. The number of nitrogens with zero attached hydrogens (tertiary/aromatic N) is 1. The molecular formula is C15H21ClN2O2. The van der Waals surface area contributed by atoms with Crippen molar-refractivity contribution < 1.29 is 9.53 Å².